The number of ether oxygens (including phenoxy) is 1. The zero-order valence-corrected chi connectivity index (χ0v) is 14.6. The molecule has 0 bridgehead atoms. The summed E-state index contributed by atoms with van der Waals surface area (Å²) >= 11 is 0. The first-order chi connectivity index (χ1) is 12.6. The van der Waals surface area contributed by atoms with Crippen LogP contribution in [-0.2, 0) is 4.74 Å². The summed E-state index contributed by atoms with van der Waals surface area (Å²) in [5.74, 6) is 0.232. The molecule has 9 heteroatoms. The van der Waals surface area contributed by atoms with Gasteiger partial charge in [0.15, 0.2) is 17.1 Å². The molecule has 2 N–H and O–H groups in total. The summed E-state index contributed by atoms with van der Waals surface area (Å²) in [6.45, 7) is 2.14. The predicted molar refractivity (Wildman–Crippen MR) is 89.9 cm³/mol. The Labute approximate surface area is 149 Å². The third-order valence-electron chi connectivity index (χ3n) is 3.80. The molecule has 26 heavy (non-hydrogen) atoms. The van der Waals surface area contributed by atoms with Crippen molar-refractivity contribution in [2.75, 3.05) is 7.11 Å². The van der Waals surface area contributed by atoms with E-state index in [0.717, 1.165) is 25.7 Å². The zero-order valence-electron chi connectivity index (χ0n) is 14.6. The van der Waals surface area contributed by atoms with E-state index in [-0.39, 0.29) is 23.5 Å². The first-order valence-electron chi connectivity index (χ1n) is 8.33. The maximum atomic E-state index is 11.4. The number of carbonyl (C=O) groups excluding carboxylic acids is 1. The smallest absolute Gasteiger partial charge is 0.360 e. The lowest BCUT2D eigenvalue weighted by Crippen LogP contribution is -2.10. The fraction of sp³-hybridized carbons (Fsp3) is 0.412. The zero-order chi connectivity index (χ0) is 18.5. The molecule has 0 aromatic carbocycles. The molecule has 138 valence electrons. The van der Waals surface area contributed by atoms with Crippen molar-refractivity contribution in [3.8, 4) is 23.2 Å². The van der Waals surface area contributed by atoms with Crippen molar-refractivity contribution < 1.29 is 22.8 Å². The number of carbonyl (C=O) groups is 1. The van der Waals surface area contributed by atoms with Crippen LogP contribution in [0.2, 0.25) is 0 Å². The van der Waals surface area contributed by atoms with Gasteiger partial charge in [0.1, 0.15) is 18.8 Å². The molecular formula is C17H20N4O5. The van der Waals surface area contributed by atoms with Gasteiger partial charge in [-0.05, 0) is 6.42 Å². The second-order valence-electron chi connectivity index (χ2n) is 5.74. The van der Waals surface area contributed by atoms with Crippen LogP contribution in [0.4, 0.5) is 0 Å². The van der Waals surface area contributed by atoms with Crippen LogP contribution in [0.1, 0.15) is 55.0 Å². The van der Waals surface area contributed by atoms with Gasteiger partial charge in [-0.25, -0.2) is 19.7 Å². The molecule has 3 aromatic rings. The average Bonchev–Trinajstić information content (AvgIpc) is 3.40. The van der Waals surface area contributed by atoms with Crippen LogP contribution in [0.15, 0.2) is 32.0 Å². The second kappa shape index (κ2) is 7.96. The maximum absolute atomic E-state index is 11.4. The highest BCUT2D eigenvalue weighted by Crippen LogP contribution is 2.26. The average molecular weight is 360 g/mol. The van der Waals surface area contributed by atoms with Crippen LogP contribution in [0.25, 0.3) is 23.2 Å². The van der Waals surface area contributed by atoms with E-state index in [4.69, 9.17) is 19.0 Å². The number of unbranched alkanes of at least 4 members (excludes halogenated alkanes) is 2. The predicted octanol–water partition coefficient (Wildman–Crippen LogP) is 3.35. The summed E-state index contributed by atoms with van der Waals surface area (Å²) in [4.78, 5) is 24.0. The molecule has 0 fully saturated rings. The molecule has 3 aromatic heterocycles. The summed E-state index contributed by atoms with van der Waals surface area (Å²) in [7, 11) is 1.26. The highest BCUT2D eigenvalue weighted by molar-refractivity contribution is 5.87. The van der Waals surface area contributed by atoms with Crippen molar-refractivity contribution in [1.29, 1.82) is 0 Å². The molecule has 0 spiro atoms. The molecule has 1 unspecified atom stereocenters. The van der Waals surface area contributed by atoms with Gasteiger partial charge in [0.2, 0.25) is 17.7 Å². The topological polar surface area (TPSA) is 130 Å². The maximum Gasteiger partial charge on any atom is 0.360 e. The Kier molecular flexibility index (Phi) is 5.47. The minimum absolute atomic E-state index is 0.0498. The number of hydrogen-bond donors (Lipinski definition) is 1. The normalized spacial score (nSPS) is 12.3. The Hall–Kier alpha value is -2.94. The quantitative estimate of drug-likeness (QED) is 0.474. The fourth-order valence-corrected chi connectivity index (χ4v) is 2.37. The highest BCUT2D eigenvalue weighted by atomic mass is 16.5. The molecule has 0 aliphatic rings. The van der Waals surface area contributed by atoms with E-state index in [0.29, 0.717) is 17.3 Å². The lowest BCUT2D eigenvalue weighted by molar-refractivity contribution is 0.0594. The monoisotopic (exact) mass is 360 g/mol. The minimum atomic E-state index is -0.595. The van der Waals surface area contributed by atoms with Crippen molar-refractivity contribution in [3.63, 3.8) is 0 Å². The first kappa shape index (κ1) is 17.9. The van der Waals surface area contributed by atoms with E-state index in [1.165, 1.54) is 25.9 Å². The third kappa shape index (κ3) is 3.83. The van der Waals surface area contributed by atoms with Crippen LogP contribution in [0, 0.1) is 0 Å². The van der Waals surface area contributed by atoms with Crippen LogP contribution in [-0.4, -0.2) is 28.0 Å². The Morgan fingerprint density at radius 3 is 2.54 bits per heavy atom. The van der Waals surface area contributed by atoms with Crippen LogP contribution >= 0.6 is 0 Å². The van der Waals surface area contributed by atoms with Gasteiger partial charge in [0.05, 0.1) is 13.2 Å². The van der Waals surface area contributed by atoms with Gasteiger partial charge >= 0.3 is 5.97 Å². The molecule has 0 radical (unpaired) electrons. The standard InChI is InChI=1S/C17H20N4O5/c1-3-4-5-6-10(18)14-19-11(7-24-14)15-20-12(8-25-15)16-21-13(9-26-16)17(22)23-2/h7-10H,3-6,18H2,1-2H3. The summed E-state index contributed by atoms with van der Waals surface area (Å²) < 4.78 is 20.6. The van der Waals surface area contributed by atoms with E-state index in [1.54, 1.807) is 0 Å². The Morgan fingerprint density at radius 1 is 1.08 bits per heavy atom. The van der Waals surface area contributed by atoms with E-state index in [1.807, 2.05) is 0 Å². The Bertz CT molecular complexity index is 866. The van der Waals surface area contributed by atoms with Gasteiger partial charge in [0.25, 0.3) is 0 Å². The van der Waals surface area contributed by atoms with Gasteiger partial charge < -0.3 is 23.7 Å². The molecule has 3 rings (SSSR count). The van der Waals surface area contributed by atoms with Crippen molar-refractivity contribution in [1.82, 2.24) is 15.0 Å². The largest absolute Gasteiger partial charge is 0.464 e. The number of methoxy groups -OCH3 is 1. The number of rotatable bonds is 8. The molecule has 0 amide bonds. The van der Waals surface area contributed by atoms with E-state index >= 15 is 0 Å². The lowest BCUT2D eigenvalue weighted by Gasteiger charge is -2.05. The number of aromatic nitrogens is 3. The van der Waals surface area contributed by atoms with Gasteiger partial charge in [-0.1, -0.05) is 26.2 Å². The molecular weight excluding hydrogens is 340 g/mol. The van der Waals surface area contributed by atoms with Crippen LogP contribution < -0.4 is 5.73 Å². The number of esters is 1. The molecule has 9 nitrogen and oxygen atoms in total. The Balaban J connectivity index is 1.72. The highest BCUT2D eigenvalue weighted by Gasteiger charge is 2.20. The van der Waals surface area contributed by atoms with Crippen molar-refractivity contribution in [3.05, 3.63) is 30.4 Å². The third-order valence-corrected chi connectivity index (χ3v) is 3.80. The number of nitrogens with two attached hydrogens (primary N) is 1. The molecule has 0 saturated heterocycles. The van der Waals surface area contributed by atoms with Crippen LogP contribution in [0.5, 0.6) is 0 Å². The van der Waals surface area contributed by atoms with E-state index < -0.39 is 5.97 Å². The van der Waals surface area contributed by atoms with E-state index in [2.05, 4.69) is 26.6 Å². The molecule has 0 aliphatic carbocycles. The molecule has 0 saturated carbocycles. The lowest BCUT2D eigenvalue weighted by atomic mass is 10.1. The van der Waals surface area contributed by atoms with Crippen molar-refractivity contribution >= 4 is 5.97 Å². The molecule has 3 heterocycles. The van der Waals surface area contributed by atoms with Gasteiger partial charge in [-0.15, -0.1) is 0 Å². The molecule has 0 aliphatic heterocycles. The number of nitrogens with zero attached hydrogens (tertiary/aromatic N) is 3. The van der Waals surface area contributed by atoms with Crippen molar-refractivity contribution in [2.45, 2.75) is 38.6 Å². The summed E-state index contributed by atoms with van der Waals surface area (Å²) in [5, 5.41) is 0. The number of oxazole rings is 3. The SMILES string of the molecule is CCCCCC(N)c1nc(-c2nc(-c3nc(C(=O)OC)co3)co2)co1. The second-order valence-corrected chi connectivity index (χ2v) is 5.74. The van der Waals surface area contributed by atoms with Gasteiger partial charge in [-0.2, -0.15) is 0 Å². The van der Waals surface area contributed by atoms with Crippen LogP contribution in [0.3, 0.4) is 0 Å². The van der Waals surface area contributed by atoms with Gasteiger partial charge in [0, 0.05) is 0 Å². The van der Waals surface area contributed by atoms with E-state index in [9.17, 15) is 4.79 Å². The summed E-state index contributed by atoms with van der Waals surface area (Å²) in [6.07, 6.45) is 8.06. The Morgan fingerprint density at radius 2 is 1.77 bits per heavy atom. The minimum Gasteiger partial charge on any atom is -0.464 e. The summed E-state index contributed by atoms with van der Waals surface area (Å²) in [5.41, 5.74) is 6.90. The van der Waals surface area contributed by atoms with Gasteiger partial charge in [-0.3, -0.25) is 0 Å². The first-order valence-corrected chi connectivity index (χ1v) is 8.33. The fourth-order valence-electron chi connectivity index (χ4n) is 2.37. The summed E-state index contributed by atoms with van der Waals surface area (Å²) in [6, 6.07) is -0.265. The molecule has 1 atom stereocenters. The van der Waals surface area contributed by atoms with Crippen molar-refractivity contribution in [2.24, 2.45) is 5.73 Å². The number of hydrogen-bond acceptors (Lipinski definition) is 9.